The van der Waals surface area contributed by atoms with Crippen molar-refractivity contribution in [3.05, 3.63) is 0 Å². The summed E-state index contributed by atoms with van der Waals surface area (Å²) in [6.45, 7) is 12.3. The highest BCUT2D eigenvalue weighted by molar-refractivity contribution is 4.85. The molecule has 1 heterocycles. The lowest BCUT2D eigenvalue weighted by atomic mass is 9.74. The van der Waals surface area contributed by atoms with E-state index in [1.807, 2.05) is 0 Å². The summed E-state index contributed by atoms with van der Waals surface area (Å²) in [5.41, 5.74) is 0. The molecule has 3 unspecified atom stereocenters. The zero-order valence-electron chi connectivity index (χ0n) is 12.6. The number of nitrogens with zero attached hydrogens (tertiary/aromatic N) is 1. The van der Waals surface area contributed by atoms with Gasteiger partial charge in [-0.3, -0.25) is 0 Å². The lowest BCUT2D eigenvalue weighted by Gasteiger charge is -2.38. The van der Waals surface area contributed by atoms with E-state index in [0.717, 1.165) is 23.8 Å². The van der Waals surface area contributed by atoms with Gasteiger partial charge in [0.2, 0.25) is 0 Å². The first kappa shape index (κ1) is 14.3. The van der Waals surface area contributed by atoms with Crippen LogP contribution in [0.15, 0.2) is 0 Å². The minimum Gasteiger partial charge on any atom is -0.312 e. The Morgan fingerprint density at radius 2 is 1.89 bits per heavy atom. The van der Waals surface area contributed by atoms with Crippen LogP contribution >= 0.6 is 0 Å². The minimum absolute atomic E-state index is 0.774. The van der Waals surface area contributed by atoms with Crippen molar-refractivity contribution in [2.45, 2.75) is 58.9 Å². The van der Waals surface area contributed by atoms with Gasteiger partial charge in [0.15, 0.2) is 0 Å². The Morgan fingerprint density at radius 3 is 2.56 bits per heavy atom. The van der Waals surface area contributed by atoms with Crippen molar-refractivity contribution < 1.29 is 0 Å². The number of hydrogen-bond donors (Lipinski definition) is 1. The van der Waals surface area contributed by atoms with Crippen molar-refractivity contribution in [3.8, 4) is 0 Å². The van der Waals surface area contributed by atoms with Crippen molar-refractivity contribution in [2.75, 3.05) is 26.2 Å². The molecule has 0 aromatic carbocycles. The molecule has 0 bridgehead atoms. The van der Waals surface area contributed by atoms with Crippen molar-refractivity contribution in [1.29, 1.82) is 0 Å². The Morgan fingerprint density at radius 1 is 1.17 bits per heavy atom. The summed E-state index contributed by atoms with van der Waals surface area (Å²) in [6.07, 6.45) is 7.08. The van der Waals surface area contributed by atoms with Crippen LogP contribution in [-0.2, 0) is 0 Å². The normalized spacial score (nSPS) is 34.3. The van der Waals surface area contributed by atoms with Crippen LogP contribution in [0.25, 0.3) is 0 Å². The number of hydrogen-bond acceptors (Lipinski definition) is 2. The Bertz CT molecular complexity index is 233. The highest BCUT2D eigenvalue weighted by Crippen LogP contribution is 2.33. The van der Waals surface area contributed by atoms with Gasteiger partial charge in [-0.05, 0) is 56.5 Å². The zero-order valence-corrected chi connectivity index (χ0v) is 12.6. The molecule has 0 aromatic heterocycles. The Hall–Kier alpha value is -0.0800. The van der Waals surface area contributed by atoms with E-state index >= 15 is 0 Å². The van der Waals surface area contributed by atoms with Gasteiger partial charge in [0, 0.05) is 19.1 Å². The molecule has 1 saturated heterocycles. The van der Waals surface area contributed by atoms with Crippen LogP contribution < -0.4 is 5.32 Å². The van der Waals surface area contributed by atoms with Crippen LogP contribution in [0.3, 0.4) is 0 Å². The van der Waals surface area contributed by atoms with Gasteiger partial charge >= 0.3 is 0 Å². The summed E-state index contributed by atoms with van der Waals surface area (Å²) in [7, 11) is 0. The van der Waals surface area contributed by atoms with Gasteiger partial charge < -0.3 is 10.2 Å². The third-order valence-corrected chi connectivity index (χ3v) is 5.06. The van der Waals surface area contributed by atoms with E-state index in [4.69, 9.17) is 0 Å². The summed E-state index contributed by atoms with van der Waals surface area (Å²) in [4.78, 5) is 2.61. The monoisotopic (exact) mass is 252 g/mol. The molecule has 2 rings (SSSR count). The lowest BCUT2D eigenvalue weighted by Crippen LogP contribution is -2.45. The second kappa shape index (κ2) is 6.91. The van der Waals surface area contributed by atoms with Crippen LogP contribution in [0.5, 0.6) is 0 Å². The molecule has 0 aromatic rings. The standard InChI is InChI=1S/C16H32N2/c1-13(2)15-7-6-14(3)12-16(15)17-8-11-18-9-4-5-10-18/h13-17H,4-12H2,1-3H3. The van der Waals surface area contributed by atoms with E-state index in [0.29, 0.717) is 0 Å². The largest absolute Gasteiger partial charge is 0.312 e. The molecule has 106 valence electrons. The third kappa shape index (κ3) is 3.96. The van der Waals surface area contributed by atoms with Crippen molar-refractivity contribution in [1.82, 2.24) is 10.2 Å². The molecule has 1 aliphatic carbocycles. The van der Waals surface area contributed by atoms with E-state index < -0.39 is 0 Å². The molecular weight excluding hydrogens is 220 g/mol. The van der Waals surface area contributed by atoms with Gasteiger partial charge in [0.25, 0.3) is 0 Å². The molecule has 18 heavy (non-hydrogen) atoms. The SMILES string of the molecule is CC1CCC(C(C)C)C(NCCN2CCCC2)C1. The van der Waals surface area contributed by atoms with E-state index in [2.05, 4.69) is 31.0 Å². The quantitative estimate of drug-likeness (QED) is 0.809. The van der Waals surface area contributed by atoms with E-state index in [9.17, 15) is 0 Å². The van der Waals surface area contributed by atoms with E-state index in [1.54, 1.807) is 0 Å². The molecule has 1 N–H and O–H groups in total. The van der Waals surface area contributed by atoms with Gasteiger partial charge in [0.05, 0.1) is 0 Å². The Kier molecular flexibility index (Phi) is 5.50. The van der Waals surface area contributed by atoms with Crippen molar-refractivity contribution in [2.24, 2.45) is 17.8 Å². The van der Waals surface area contributed by atoms with Gasteiger partial charge in [-0.25, -0.2) is 0 Å². The molecule has 1 saturated carbocycles. The second-order valence-corrected chi connectivity index (χ2v) is 6.94. The minimum atomic E-state index is 0.774. The van der Waals surface area contributed by atoms with Crippen LogP contribution in [0.2, 0.25) is 0 Å². The molecular formula is C16H32N2. The average molecular weight is 252 g/mol. The summed E-state index contributed by atoms with van der Waals surface area (Å²) in [5.74, 6) is 2.66. The second-order valence-electron chi connectivity index (χ2n) is 6.94. The maximum atomic E-state index is 3.87. The Labute approximate surface area is 114 Å². The van der Waals surface area contributed by atoms with Crippen molar-refractivity contribution >= 4 is 0 Å². The van der Waals surface area contributed by atoms with Crippen LogP contribution in [0.1, 0.15) is 52.9 Å². The van der Waals surface area contributed by atoms with E-state index in [-0.39, 0.29) is 0 Å². The summed E-state index contributed by atoms with van der Waals surface area (Å²) < 4.78 is 0. The molecule has 0 amide bonds. The fraction of sp³-hybridized carbons (Fsp3) is 1.00. The smallest absolute Gasteiger partial charge is 0.0107 e. The van der Waals surface area contributed by atoms with Gasteiger partial charge in [0.1, 0.15) is 0 Å². The summed E-state index contributed by atoms with van der Waals surface area (Å²) in [6, 6.07) is 0.774. The first-order chi connectivity index (χ1) is 8.66. The number of rotatable bonds is 5. The van der Waals surface area contributed by atoms with Gasteiger partial charge in [-0.15, -0.1) is 0 Å². The highest BCUT2D eigenvalue weighted by Gasteiger charge is 2.30. The zero-order chi connectivity index (χ0) is 13.0. The lowest BCUT2D eigenvalue weighted by molar-refractivity contribution is 0.166. The summed E-state index contributed by atoms with van der Waals surface area (Å²) in [5, 5.41) is 3.87. The molecule has 2 heteroatoms. The molecule has 2 nitrogen and oxygen atoms in total. The molecule has 0 radical (unpaired) electrons. The van der Waals surface area contributed by atoms with E-state index in [1.165, 1.54) is 58.3 Å². The number of nitrogens with one attached hydrogen (secondary N) is 1. The van der Waals surface area contributed by atoms with Crippen LogP contribution in [-0.4, -0.2) is 37.1 Å². The molecule has 2 fully saturated rings. The predicted octanol–water partition coefficient (Wildman–Crippen LogP) is 3.13. The van der Waals surface area contributed by atoms with Crippen molar-refractivity contribution in [3.63, 3.8) is 0 Å². The third-order valence-electron chi connectivity index (χ3n) is 5.06. The summed E-state index contributed by atoms with van der Waals surface area (Å²) >= 11 is 0. The topological polar surface area (TPSA) is 15.3 Å². The molecule has 1 aliphatic heterocycles. The Balaban J connectivity index is 1.73. The first-order valence-electron chi connectivity index (χ1n) is 8.12. The molecule has 3 atom stereocenters. The predicted molar refractivity (Wildman–Crippen MR) is 78.8 cm³/mol. The van der Waals surface area contributed by atoms with Gasteiger partial charge in [-0.2, -0.15) is 0 Å². The number of likely N-dealkylation sites (tertiary alicyclic amines) is 1. The van der Waals surface area contributed by atoms with Crippen LogP contribution in [0.4, 0.5) is 0 Å². The maximum absolute atomic E-state index is 3.87. The fourth-order valence-electron chi connectivity index (χ4n) is 3.85. The fourth-order valence-corrected chi connectivity index (χ4v) is 3.85. The maximum Gasteiger partial charge on any atom is 0.0107 e. The first-order valence-corrected chi connectivity index (χ1v) is 8.12. The molecule has 0 spiro atoms. The average Bonchev–Trinajstić information content (AvgIpc) is 2.82. The molecule has 2 aliphatic rings. The highest BCUT2D eigenvalue weighted by atomic mass is 15.2. The van der Waals surface area contributed by atoms with Crippen LogP contribution in [0, 0.1) is 17.8 Å². The van der Waals surface area contributed by atoms with Gasteiger partial charge in [-0.1, -0.05) is 27.2 Å².